The van der Waals surface area contributed by atoms with Crippen LogP contribution >= 0.6 is 0 Å². The number of unbranched alkanes of at least 4 members (excludes halogenated alkanes) is 4. The summed E-state index contributed by atoms with van der Waals surface area (Å²) < 4.78 is 3.77. The van der Waals surface area contributed by atoms with Crippen molar-refractivity contribution in [1.29, 1.82) is 0 Å². The first-order chi connectivity index (χ1) is 12.1. The van der Waals surface area contributed by atoms with Crippen LogP contribution in [0.3, 0.4) is 0 Å². The van der Waals surface area contributed by atoms with Crippen LogP contribution in [0.4, 0.5) is 4.79 Å². The van der Waals surface area contributed by atoms with Gasteiger partial charge in [0.1, 0.15) is 0 Å². The van der Waals surface area contributed by atoms with Crippen LogP contribution in [-0.4, -0.2) is 38.8 Å². The smallest absolute Gasteiger partial charge is 0.407 e. The van der Waals surface area contributed by atoms with E-state index in [1.807, 2.05) is 33.4 Å². The van der Waals surface area contributed by atoms with Gasteiger partial charge in [0.2, 0.25) is 0 Å². The van der Waals surface area contributed by atoms with Crippen molar-refractivity contribution >= 4 is 17.1 Å². The third kappa shape index (κ3) is 4.87. The average molecular weight is 347 g/mol. The van der Waals surface area contributed by atoms with Gasteiger partial charge in [0.25, 0.3) is 0 Å². The zero-order chi connectivity index (χ0) is 18.2. The van der Waals surface area contributed by atoms with Gasteiger partial charge in [-0.05, 0) is 31.4 Å². The molecule has 0 aliphatic carbocycles. The lowest BCUT2D eigenvalue weighted by molar-refractivity contribution is 0.155. The Hall–Kier alpha value is -2.24. The van der Waals surface area contributed by atoms with E-state index in [0.29, 0.717) is 13.1 Å². The maximum atomic E-state index is 12.7. The highest BCUT2D eigenvalue weighted by molar-refractivity contribution is 5.75. The minimum atomic E-state index is -0.883. The molecule has 0 aliphatic rings. The number of aryl methyl sites for hydroxylation is 2. The monoisotopic (exact) mass is 347 g/mol. The normalized spacial score (nSPS) is 11.1. The van der Waals surface area contributed by atoms with Crippen LogP contribution < -0.4 is 5.69 Å². The molecule has 1 aromatic carbocycles. The Kier molecular flexibility index (Phi) is 7.10. The largest absolute Gasteiger partial charge is 0.465 e. The molecule has 1 amide bonds. The Morgan fingerprint density at radius 1 is 1.00 bits per heavy atom. The van der Waals surface area contributed by atoms with Gasteiger partial charge in [-0.3, -0.25) is 9.13 Å². The van der Waals surface area contributed by atoms with Crippen molar-refractivity contribution in [3.05, 3.63) is 34.7 Å². The molecular weight excluding hydrogens is 318 g/mol. The lowest BCUT2D eigenvalue weighted by atomic mass is 10.2. The lowest BCUT2D eigenvalue weighted by Crippen LogP contribution is -2.25. The van der Waals surface area contributed by atoms with Gasteiger partial charge in [0, 0.05) is 26.7 Å². The average Bonchev–Trinajstić information content (AvgIpc) is 2.87. The van der Waals surface area contributed by atoms with Crippen LogP contribution in [-0.2, 0) is 13.1 Å². The quantitative estimate of drug-likeness (QED) is 0.665. The molecule has 0 bridgehead atoms. The second-order valence-electron chi connectivity index (χ2n) is 6.55. The van der Waals surface area contributed by atoms with E-state index in [9.17, 15) is 9.59 Å². The van der Waals surface area contributed by atoms with Crippen LogP contribution in [0.2, 0.25) is 0 Å². The number of hydrogen-bond donors (Lipinski definition) is 1. The number of aromatic nitrogens is 2. The standard InChI is InChI=1S/C19H29N3O3/c1-3-4-14-21-16-11-7-8-12-17(16)22(18(21)23)15-10-6-5-9-13-20(2)19(24)25/h7-8,11-12H,3-6,9-10,13-15H2,1-2H3,(H,24,25). The molecule has 1 N–H and O–H groups in total. The van der Waals surface area contributed by atoms with Crippen molar-refractivity contribution in [2.24, 2.45) is 0 Å². The molecule has 0 radical (unpaired) electrons. The minimum Gasteiger partial charge on any atom is -0.465 e. The maximum absolute atomic E-state index is 12.7. The third-order valence-corrected chi connectivity index (χ3v) is 4.61. The van der Waals surface area contributed by atoms with E-state index in [2.05, 4.69) is 6.92 Å². The lowest BCUT2D eigenvalue weighted by Gasteiger charge is -2.12. The molecule has 6 nitrogen and oxygen atoms in total. The molecule has 0 unspecified atom stereocenters. The number of fused-ring (bicyclic) bond motifs is 1. The summed E-state index contributed by atoms with van der Waals surface area (Å²) >= 11 is 0. The molecule has 0 fully saturated rings. The van der Waals surface area contributed by atoms with E-state index in [-0.39, 0.29) is 5.69 Å². The molecule has 6 heteroatoms. The number of para-hydroxylation sites is 2. The number of carboxylic acid groups (broad SMARTS) is 1. The highest BCUT2D eigenvalue weighted by Crippen LogP contribution is 2.15. The minimum absolute atomic E-state index is 0.0836. The number of amides is 1. The van der Waals surface area contributed by atoms with Crippen LogP contribution in [0, 0.1) is 0 Å². The Bertz CT molecular complexity index is 748. The van der Waals surface area contributed by atoms with Crippen molar-refractivity contribution in [1.82, 2.24) is 14.0 Å². The summed E-state index contributed by atoms with van der Waals surface area (Å²) in [4.78, 5) is 24.8. The number of nitrogens with zero attached hydrogens (tertiary/aromatic N) is 3. The molecule has 2 rings (SSSR count). The summed E-state index contributed by atoms with van der Waals surface area (Å²) in [6.45, 7) is 4.18. The SMILES string of the molecule is CCCCn1c(=O)n(CCCCCCN(C)C(=O)O)c2ccccc21. The summed E-state index contributed by atoms with van der Waals surface area (Å²) in [5.41, 5.74) is 2.11. The van der Waals surface area contributed by atoms with E-state index in [4.69, 9.17) is 5.11 Å². The van der Waals surface area contributed by atoms with Crippen LogP contribution in [0.5, 0.6) is 0 Å². The van der Waals surface area contributed by atoms with Crippen molar-refractivity contribution < 1.29 is 9.90 Å². The van der Waals surface area contributed by atoms with Gasteiger partial charge >= 0.3 is 11.8 Å². The molecule has 2 aromatic rings. The molecule has 0 saturated carbocycles. The first-order valence-electron chi connectivity index (χ1n) is 9.18. The number of carbonyl (C=O) groups is 1. The highest BCUT2D eigenvalue weighted by Gasteiger charge is 2.12. The van der Waals surface area contributed by atoms with Gasteiger partial charge in [0.15, 0.2) is 0 Å². The number of imidazole rings is 1. The van der Waals surface area contributed by atoms with Gasteiger partial charge in [-0.2, -0.15) is 0 Å². The van der Waals surface area contributed by atoms with Gasteiger partial charge < -0.3 is 10.0 Å². The fourth-order valence-corrected chi connectivity index (χ4v) is 3.09. The van der Waals surface area contributed by atoms with Crippen LogP contribution in [0.1, 0.15) is 45.4 Å². The first-order valence-corrected chi connectivity index (χ1v) is 9.18. The predicted octanol–water partition coefficient (Wildman–Crippen LogP) is 3.77. The number of hydrogen-bond acceptors (Lipinski definition) is 2. The zero-order valence-corrected chi connectivity index (χ0v) is 15.3. The molecule has 0 saturated heterocycles. The summed E-state index contributed by atoms with van der Waals surface area (Å²) in [5, 5.41) is 8.81. The summed E-state index contributed by atoms with van der Waals surface area (Å²) in [5.74, 6) is 0. The second kappa shape index (κ2) is 9.30. The molecule has 1 heterocycles. The topological polar surface area (TPSA) is 67.5 Å². The first kappa shape index (κ1) is 19.1. The molecule has 25 heavy (non-hydrogen) atoms. The van der Waals surface area contributed by atoms with Gasteiger partial charge in [-0.25, -0.2) is 9.59 Å². The fraction of sp³-hybridized carbons (Fsp3) is 0.579. The van der Waals surface area contributed by atoms with E-state index in [1.165, 1.54) is 4.90 Å². The Morgan fingerprint density at radius 3 is 2.12 bits per heavy atom. The molecular formula is C19H29N3O3. The van der Waals surface area contributed by atoms with Crippen molar-refractivity contribution in [2.45, 2.75) is 58.5 Å². The third-order valence-electron chi connectivity index (χ3n) is 4.61. The van der Waals surface area contributed by atoms with E-state index >= 15 is 0 Å². The molecule has 0 aliphatic heterocycles. The van der Waals surface area contributed by atoms with Gasteiger partial charge in [0.05, 0.1) is 11.0 Å². The highest BCUT2D eigenvalue weighted by atomic mass is 16.4. The molecule has 0 spiro atoms. The van der Waals surface area contributed by atoms with E-state index in [0.717, 1.165) is 56.1 Å². The molecule has 138 valence electrons. The van der Waals surface area contributed by atoms with Gasteiger partial charge in [-0.15, -0.1) is 0 Å². The van der Waals surface area contributed by atoms with Crippen molar-refractivity contribution in [2.75, 3.05) is 13.6 Å². The van der Waals surface area contributed by atoms with E-state index < -0.39 is 6.09 Å². The van der Waals surface area contributed by atoms with Gasteiger partial charge in [-0.1, -0.05) is 38.3 Å². The molecule has 1 aromatic heterocycles. The summed E-state index contributed by atoms with van der Waals surface area (Å²) in [6, 6.07) is 7.99. The van der Waals surface area contributed by atoms with Crippen molar-refractivity contribution in [3.63, 3.8) is 0 Å². The predicted molar refractivity (Wildman–Crippen MR) is 100 cm³/mol. The number of benzene rings is 1. The van der Waals surface area contributed by atoms with Crippen molar-refractivity contribution in [3.8, 4) is 0 Å². The summed E-state index contributed by atoms with van der Waals surface area (Å²) in [6.07, 6.45) is 4.94. The summed E-state index contributed by atoms with van der Waals surface area (Å²) in [7, 11) is 1.59. The molecule has 0 atom stereocenters. The Labute approximate surface area is 148 Å². The maximum Gasteiger partial charge on any atom is 0.407 e. The Balaban J connectivity index is 1.94. The Morgan fingerprint density at radius 2 is 1.56 bits per heavy atom. The second-order valence-corrected chi connectivity index (χ2v) is 6.55. The van der Waals surface area contributed by atoms with Crippen LogP contribution in [0.15, 0.2) is 29.1 Å². The van der Waals surface area contributed by atoms with Crippen LogP contribution in [0.25, 0.3) is 11.0 Å². The number of rotatable bonds is 10. The fourth-order valence-electron chi connectivity index (χ4n) is 3.09. The van der Waals surface area contributed by atoms with E-state index in [1.54, 1.807) is 7.05 Å². The zero-order valence-electron chi connectivity index (χ0n) is 15.3.